The summed E-state index contributed by atoms with van der Waals surface area (Å²) in [5.74, 6) is 1.55. The lowest BCUT2D eigenvalue weighted by Gasteiger charge is -2.24. The van der Waals surface area contributed by atoms with E-state index in [9.17, 15) is 5.26 Å². The Morgan fingerprint density at radius 3 is 2.84 bits per heavy atom. The number of nitrogens with zero attached hydrogens (tertiary/aromatic N) is 7. The highest BCUT2D eigenvalue weighted by Gasteiger charge is 2.29. The number of ether oxygens (including phenoxy) is 1. The summed E-state index contributed by atoms with van der Waals surface area (Å²) in [6, 6.07) is 2.96. The largest absolute Gasteiger partial charge is 0.383 e. The van der Waals surface area contributed by atoms with Crippen molar-refractivity contribution in [2.24, 2.45) is 7.05 Å². The van der Waals surface area contributed by atoms with E-state index in [4.69, 9.17) is 15.5 Å². The molecule has 0 aromatic carbocycles. The Balaban J connectivity index is 1.55. The van der Waals surface area contributed by atoms with E-state index < -0.39 is 0 Å². The molecule has 2 aliphatic rings. The topological polar surface area (TPSA) is 123 Å². The monoisotopic (exact) mass is 421 g/mol. The maximum atomic E-state index is 9.91. The van der Waals surface area contributed by atoms with Crippen LogP contribution in [0, 0.1) is 18.3 Å². The molecule has 2 atom stereocenters. The van der Waals surface area contributed by atoms with Gasteiger partial charge in [0.1, 0.15) is 28.9 Å². The van der Waals surface area contributed by atoms with Crippen LogP contribution >= 0.6 is 0 Å². The highest BCUT2D eigenvalue weighted by atomic mass is 16.5. The average molecular weight is 422 g/mol. The number of aromatic nitrogens is 5. The Morgan fingerprint density at radius 1 is 1.32 bits per heavy atom. The molecule has 5 rings (SSSR count). The summed E-state index contributed by atoms with van der Waals surface area (Å²) >= 11 is 0. The van der Waals surface area contributed by atoms with Crippen molar-refractivity contribution >= 4 is 34.3 Å². The quantitative estimate of drug-likeness (QED) is 0.659. The number of nitrogens with one attached hydrogen (secondary N) is 1. The Kier molecular flexibility index (Phi) is 4.70. The minimum Gasteiger partial charge on any atom is -0.383 e. The molecule has 10 heteroatoms. The molecule has 162 valence electrons. The van der Waals surface area contributed by atoms with Gasteiger partial charge in [-0.15, -0.1) is 0 Å². The van der Waals surface area contributed by atoms with Crippen LogP contribution < -0.4 is 16.0 Å². The zero-order valence-corrected chi connectivity index (χ0v) is 18.1. The summed E-state index contributed by atoms with van der Waals surface area (Å²) in [4.78, 5) is 11.5. The van der Waals surface area contributed by atoms with Crippen molar-refractivity contribution in [3.05, 3.63) is 17.5 Å². The van der Waals surface area contributed by atoms with Crippen molar-refractivity contribution in [3.63, 3.8) is 0 Å². The number of aryl methyl sites for hydroxylation is 1. The number of rotatable bonds is 4. The standard InChI is InChI=1S/C21H27N9O/c1-12-5-4-7-29(12)20-15(9-22)17-18(23)26-21(27-19(17)28(20)3)25-16-10-24-30(13(16)2)14-6-8-31-11-14/h10,12,14H,4-8,11H2,1-3H3,(H3,23,25,26,27)/t12-,14-/m1/s1. The van der Waals surface area contributed by atoms with Gasteiger partial charge in [0.15, 0.2) is 0 Å². The Morgan fingerprint density at radius 2 is 2.16 bits per heavy atom. The highest BCUT2D eigenvalue weighted by Crippen LogP contribution is 2.37. The minimum atomic E-state index is 0.250. The normalized spacial score (nSPS) is 21.2. The maximum absolute atomic E-state index is 9.91. The summed E-state index contributed by atoms with van der Waals surface area (Å²) in [5.41, 5.74) is 9.35. The molecule has 2 fully saturated rings. The van der Waals surface area contributed by atoms with Gasteiger partial charge in [0, 0.05) is 26.2 Å². The van der Waals surface area contributed by atoms with Gasteiger partial charge in [-0.05, 0) is 33.1 Å². The van der Waals surface area contributed by atoms with Gasteiger partial charge >= 0.3 is 0 Å². The van der Waals surface area contributed by atoms with Crippen LogP contribution in [0.25, 0.3) is 11.0 Å². The number of nitriles is 1. The van der Waals surface area contributed by atoms with Crippen molar-refractivity contribution in [2.45, 2.75) is 45.2 Å². The molecule has 2 saturated heterocycles. The molecule has 0 spiro atoms. The molecule has 0 radical (unpaired) electrons. The van der Waals surface area contributed by atoms with Crippen molar-refractivity contribution in [2.75, 3.05) is 35.7 Å². The zero-order valence-electron chi connectivity index (χ0n) is 18.1. The molecule has 5 heterocycles. The maximum Gasteiger partial charge on any atom is 0.231 e. The van der Waals surface area contributed by atoms with Crippen LogP contribution in [0.2, 0.25) is 0 Å². The van der Waals surface area contributed by atoms with Gasteiger partial charge in [0.2, 0.25) is 5.95 Å². The van der Waals surface area contributed by atoms with Crippen molar-refractivity contribution in [1.82, 2.24) is 24.3 Å². The number of anilines is 4. The van der Waals surface area contributed by atoms with Gasteiger partial charge < -0.3 is 25.3 Å². The van der Waals surface area contributed by atoms with Gasteiger partial charge in [-0.25, -0.2) is 0 Å². The SMILES string of the molecule is Cc1c(Nc2nc(N)c3c(C#N)c(N4CCC[C@H]4C)n(C)c3n2)cnn1[C@@H]1CCOC1. The third-order valence-electron chi connectivity index (χ3n) is 6.51. The predicted octanol–water partition coefficient (Wildman–Crippen LogP) is 2.62. The van der Waals surface area contributed by atoms with Crippen LogP contribution in [0.5, 0.6) is 0 Å². The summed E-state index contributed by atoms with van der Waals surface area (Å²) < 4.78 is 9.44. The van der Waals surface area contributed by atoms with Gasteiger partial charge in [0.25, 0.3) is 0 Å². The molecule has 0 aliphatic carbocycles. The van der Waals surface area contributed by atoms with E-state index in [2.05, 4.69) is 33.3 Å². The lowest BCUT2D eigenvalue weighted by atomic mass is 10.2. The number of fused-ring (bicyclic) bond motifs is 1. The van der Waals surface area contributed by atoms with Gasteiger partial charge in [-0.3, -0.25) is 4.68 Å². The van der Waals surface area contributed by atoms with E-state index in [0.717, 1.165) is 49.6 Å². The van der Waals surface area contributed by atoms with Crippen molar-refractivity contribution in [3.8, 4) is 6.07 Å². The molecular formula is C21H27N9O. The average Bonchev–Trinajstić information content (AvgIpc) is 3.52. The second-order valence-corrected chi connectivity index (χ2v) is 8.42. The van der Waals surface area contributed by atoms with E-state index in [1.165, 1.54) is 0 Å². The molecule has 0 bridgehead atoms. The smallest absolute Gasteiger partial charge is 0.231 e. The van der Waals surface area contributed by atoms with Crippen LogP contribution in [0.3, 0.4) is 0 Å². The summed E-state index contributed by atoms with van der Waals surface area (Å²) in [5, 5.41) is 18.3. The molecular weight excluding hydrogens is 394 g/mol. The second-order valence-electron chi connectivity index (χ2n) is 8.42. The van der Waals surface area contributed by atoms with Crippen LogP contribution in [0.1, 0.15) is 43.5 Å². The van der Waals surface area contributed by atoms with E-state index >= 15 is 0 Å². The van der Waals surface area contributed by atoms with Gasteiger partial charge in [-0.2, -0.15) is 20.3 Å². The number of nitrogens with two attached hydrogens (primary N) is 1. The lowest BCUT2D eigenvalue weighted by molar-refractivity contribution is 0.184. The van der Waals surface area contributed by atoms with E-state index in [1.807, 2.05) is 23.2 Å². The van der Waals surface area contributed by atoms with Crippen molar-refractivity contribution in [1.29, 1.82) is 5.26 Å². The van der Waals surface area contributed by atoms with Crippen LogP contribution in [-0.2, 0) is 11.8 Å². The third kappa shape index (κ3) is 3.08. The Hall–Kier alpha value is -3.32. The predicted molar refractivity (Wildman–Crippen MR) is 118 cm³/mol. The van der Waals surface area contributed by atoms with Crippen LogP contribution in [0.15, 0.2) is 6.20 Å². The zero-order chi connectivity index (χ0) is 21.7. The molecule has 0 amide bonds. The first-order valence-corrected chi connectivity index (χ1v) is 10.7. The number of hydrogen-bond acceptors (Lipinski definition) is 8. The highest BCUT2D eigenvalue weighted by molar-refractivity contribution is 5.98. The van der Waals surface area contributed by atoms with E-state index in [0.29, 0.717) is 41.0 Å². The Labute approximate surface area is 180 Å². The molecule has 3 aromatic rings. The molecule has 3 N–H and O–H groups in total. The second kappa shape index (κ2) is 7.42. The van der Waals surface area contributed by atoms with Crippen LogP contribution in [-0.4, -0.2) is 50.1 Å². The molecule has 10 nitrogen and oxygen atoms in total. The number of nitrogen functional groups attached to an aromatic ring is 1. The fraction of sp³-hybridized carbons (Fsp3) is 0.524. The third-order valence-corrected chi connectivity index (χ3v) is 6.51. The van der Waals surface area contributed by atoms with Gasteiger partial charge in [0.05, 0.1) is 35.6 Å². The summed E-state index contributed by atoms with van der Waals surface area (Å²) in [6.07, 6.45) is 4.95. The molecule has 0 unspecified atom stereocenters. The fourth-order valence-corrected chi connectivity index (χ4v) is 4.82. The van der Waals surface area contributed by atoms with Gasteiger partial charge in [-0.1, -0.05) is 0 Å². The Bertz CT molecular complexity index is 1180. The number of hydrogen-bond donors (Lipinski definition) is 2. The van der Waals surface area contributed by atoms with E-state index in [1.54, 1.807) is 6.20 Å². The molecule has 2 aliphatic heterocycles. The molecule has 3 aromatic heterocycles. The first-order valence-electron chi connectivity index (χ1n) is 10.7. The first-order chi connectivity index (χ1) is 15.0. The van der Waals surface area contributed by atoms with Crippen LogP contribution in [0.4, 0.5) is 23.3 Å². The summed E-state index contributed by atoms with van der Waals surface area (Å²) in [7, 11) is 1.93. The minimum absolute atomic E-state index is 0.250. The fourth-order valence-electron chi connectivity index (χ4n) is 4.82. The van der Waals surface area contributed by atoms with Crippen molar-refractivity contribution < 1.29 is 4.74 Å². The summed E-state index contributed by atoms with van der Waals surface area (Å²) in [6.45, 7) is 6.55. The first kappa shape index (κ1) is 19.6. The van der Waals surface area contributed by atoms with E-state index in [-0.39, 0.29) is 6.04 Å². The molecule has 31 heavy (non-hydrogen) atoms. The molecule has 0 saturated carbocycles. The lowest BCUT2D eigenvalue weighted by Crippen LogP contribution is -2.28.